The van der Waals surface area contributed by atoms with Gasteiger partial charge in [0.05, 0.1) is 5.37 Å². The van der Waals surface area contributed by atoms with Crippen LogP contribution in [0, 0.1) is 17.8 Å². The Balaban J connectivity index is 1.79. The highest BCUT2D eigenvalue weighted by atomic mass is 32.2. The highest BCUT2D eigenvalue weighted by Crippen LogP contribution is 2.53. The first-order valence-corrected chi connectivity index (χ1v) is 6.55. The van der Waals surface area contributed by atoms with E-state index in [9.17, 15) is 5.11 Å². The second-order valence-electron chi connectivity index (χ2n) is 4.69. The third-order valence-corrected chi connectivity index (χ3v) is 5.75. The van der Waals surface area contributed by atoms with Gasteiger partial charge in [0.1, 0.15) is 0 Å². The minimum atomic E-state index is 0.394. The number of nitrogens with one attached hydrogen (secondary N) is 2. The van der Waals surface area contributed by atoms with Crippen molar-refractivity contribution in [3.8, 4) is 0 Å². The van der Waals surface area contributed by atoms with Crippen molar-refractivity contribution in [1.29, 1.82) is 0 Å². The lowest BCUT2D eigenvalue weighted by Crippen LogP contribution is -2.50. The quantitative estimate of drug-likeness (QED) is 0.584. The molecule has 1 aliphatic carbocycles. The van der Waals surface area contributed by atoms with Crippen molar-refractivity contribution in [3.05, 3.63) is 0 Å². The van der Waals surface area contributed by atoms with E-state index >= 15 is 0 Å². The van der Waals surface area contributed by atoms with E-state index in [2.05, 4.69) is 22.4 Å². The first-order chi connectivity index (χ1) is 6.90. The van der Waals surface area contributed by atoms with Gasteiger partial charge in [-0.15, -0.1) is 11.8 Å². The van der Waals surface area contributed by atoms with Gasteiger partial charge in [-0.1, -0.05) is 0 Å². The molecule has 3 nitrogen and oxygen atoms in total. The van der Waals surface area contributed by atoms with Crippen LogP contribution >= 0.6 is 11.8 Å². The molecule has 0 aromatic heterocycles. The van der Waals surface area contributed by atoms with Gasteiger partial charge in [0.25, 0.3) is 0 Å². The molecular formula is C10H18N2OS. The van der Waals surface area contributed by atoms with Crippen LogP contribution in [0.5, 0.6) is 0 Å². The van der Waals surface area contributed by atoms with Gasteiger partial charge in [0.15, 0.2) is 0 Å². The summed E-state index contributed by atoms with van der Waals surface area (Å²) in [5, 5.41) is 17.8. The third kappa shape index (κ3) is 1.32. The molecule has 0 amide bonds. The summed E-state index contributed by atoms with van der Waals surface area (Å²) in [7, 11) is 0. The van der Waals surface area contributed by atoms with Crippen molar-refractivity contribution in [2.75, 3.05) is 19.8 Å². The molecule has 80 valence electrons. The molecule has 2 saturated heterocycles. The maximum Gasteiger partial charge on any atom is 0.0588 e. The fourth-order valence-electron chi connectivity index (χ4n) is 3.41. The zero-order valence-corrected chi connectivity index (χ0v) is 9.09. The second-order valence-corrected chi connectivity index (χ2v) is 6.08. The number of hydrogen-bond donors (Lipinski definition) is 3. The molecule has 3 N–H and O–H groups in total. The Hall–Kier alpha value is 0.230. The van der Waals surface area contributed by atoms with Crippen molar-refractivity contribution in [3.63, 3.8) is 0 Å². The van der Waals surface area contributed by atoms with Gasteiger partial charge in [-0.05, 0) is 24.7 Å². The molecule has 4 unspecified atom stereocenters. The van der Waals surface area contributed by atoms with Crippen LogP contribution in [-0.4, -0.2) is 35.6 Å². The molecule has 0 aromatic rings. The van der Waals surface area contributed by atoms with E-state index in [1.54, 1.807) is 0 Å². The number of aliphatic hydroxyl groups is 1. The Bertz CT molecular complexity index is 226. The number of aliphatic hydroxyl groups excluding tert-OH is 1. The lowest BCUT2D eigenvalue weighted by molar-refractivity contribution is 0.151. The minimum absolute atomic E-state index is 0.394. The maximum absolute atomic E-state index is 9.35. The van der Waals surface area contributed by atoms with E-state index in [1.807, 2.05) is 0 Å². The summed E-state index contributed by atoms with van der Waals surface area (Å²) in [5.41, 5.74) is 0. The van der Waals surface area contributed by atoms with Crippen molar-refractivity contribution in [2.24, 2.45) is 17.8 Å². The van der Waals surface area contributed by atoms with Gasteiger partial charge in [-0.2, -0.15) is 0 Å². The maximum atomic E-state index is 9.35. The Morgan fingerprint density at radius 1 is 1.36 bits per heavy atom. The third-order valence-electron chi connectivity index (χ3n) is 4.04. The van der Waals surface area contributed by atoms with E-state index in [-0.39, 0.29) is 0 Å². The van der Waals surface area contributed by atoms with Gasteiger partial charge >= 0.3 is 0 Å². The number of hydrogen-bond acceptors (Lipinski definition) is 4. The van der Waals surface area contributed by atoms with Crippen molar-refractivity contribution >= 4 is 11.8 Å². The van der Waals surface area contributed by atoms with Crippen molar-refractivity contribution < 1.29 is 5.11 Å². The predicted molar refractivity (Wildman–Crippen MR) is 58.0 cm³/mol. The molecule has 14 heavy (non-hydrogen) atoms. The highest BCUT2D eigenvalue weighted by molar-refractivity contribution is 8.00. The monoisotopic (exact) mass is 214 g/mol. The Morgan fingerprint density at radius 3 is 3.14 bits per heavy atom. The number of thioether (sulfide) groups is 1. The molecule has 0 aromatic carbocycles. The Kier molecular flexibility index (Phi) is 2.48. The molecule has 0 spiro atoms. The van der Waals surface area contributed by atoms with Crippen LogP contribution in [0.15, 0.2) is 0 Å². The van der Waals surface area contributed by atoms with Crippen LogP contribution in [-0.2, 0) is 0 Å². The van der Waals surface area contributed by atoms with Crippen LogP contribution in [0.1, 0.15) is 12.8 Å². The zero-order valence-electron chi connectivity index (χ0n) is 8.28. The van der Waals surface area contributed by atoms with Crippen LogP contribution in [0.25, 0.3) is 0 Å². The van der Waals surface area contributed by atoms with E-state index in [0.717, 1.165) is 30.3 Å². The molecular weight excluding hydrogens is 196 g/mol. The van der Waals surface area contributed by atoms with E-state index in [0.29, 0.717) is 17.9 Å². The zero-order chi connectivity index (χ0) is 9.54. The van der Waals surface area contributed by atoms with E-state index in [4.69, 9.17) is 0 Å². The summed E-state index contributed by atoms with van der Waals surface area (Å²) in [6.07, 6.45) is 2.55. The van der Waals surface area contributed by atoms with Crippen LogP contribution < -0.4 is 10.6 Å². The van der Waals surface area contributed by atoms with Gasteiger partial charge < -0.3 is 10.4 Å². The molecule has 3 fully saturated rings. The molecule has 2 heterocycles. The molecule has 3 aliphatic rings. The lowest BCUT2D eigenvalue weighted by atomic mass is 9.83. The van der Waals surface area contributed by atoms with Crippen LogP contribution in [0.2, 0.25) is 0 Å². The Labute approximate surface area is 89.0 Å². The van der Waals surface area contributed by atoms with Crippen molar-refractivity contribution in [2.45, 2.75) is 23.5 Å². The summed E-state index contributed by atoms with van der Waals surface area (Å²) in [5.74, 6) is 2.08. The van der Waals surface area contributed by atoms with Gasteiger partial charge in [0, 0.05) is 31.0 Å². The normalized spacial score (nSPS) is 51.6. The molecule has 4 heteroatoms. The summed E-state index contributed by atoms with van der Waals surface area (Å²) >= 11 is 2.12. The molecule has 5 atom stereocenters. The van der Waals surface area contributed by atoms with E-state index < -0.39 is 0 Å². The average molecular weight is 214 g/mol. The fourth-order valence-corrected chi connectivity index (χ4v) is 5.32. The average Bonchev–Trinajstić information content (AvgIpc) is 2.75. The first kappa shape index (κ1) is 9.46. The summed E-state index contributed by atoms with van der Waals surface area (Å²) in [6.45, 7) is 2.49. The van der Waals surface area contributed by atoms with Crippen LogP contribution in [0.4, 0.5) is 0 Å². The van der Waals surface area contributed by atoms with Crippen LogP contribution in [0.3, 0.4) is 0 Å². The van der Waals surface area contributed by atoms with Gasteiger partial charge in [-0.25, -0.2) is 0 Å². The molecule has 2 aliphatic heterocycles. The first-order valence-electron chi connectivity index (χ1n) is 5.60. The summed E-state index contributed by atoms with van der Waals surface area (Å²) in [4.78, 5) is 0. The SMILES string of the molecule is OC[C@H]1CCC2SC3NCNCC3C21. The topological polar surface area (TPSA) is 44.3 Å². The van der Waals surface area contributed by atoms with E-state index in [1.165, 1.54) is 12.8 Å². The standard InChI is InChI=1S/C10H18N2OS/c13-4-6-1-2-8-9(6)7-3-11-5-12-10(7)14-8/h6-13H,1-5H2/t6-,7?,8?,9?,10?/m1/s1. The smallest absolute Gasteiger partial charge is 0.0588 e. The highest BCUT2D eigenvalue weighted by Gasteiger charge is 2.50. The molecule has 0 radical (unpaired) electrons. The predicted octanol–water partition coefficient (Wildman–Crippen LogP) is 0.213. The minimum Gasteiger partial charge on any atom is -0.396 e. The lowest BCUT2D eigenvalue weighted by Gasteiger charge is -2.32. The fraction of sp³-hybridized carbons (Fsp3) is 1.00. The summed E-state index contributed by atoms with van der Waals surface area (Å²) < 4.78 is 0. The van der Waals surface area contributed by atoms with Gasteiger partial charge in [0.2, 0.25) is 0 Å². The van der Waals surface area contributed by atoms with Gasteiger partial charge in [-0.3, -0.25) is 5.32 Å². The Morgan fingerprint density at radius 2 is 2.29 bits per heavy atom. The van der Waals surface area contributed by atoms with Crippen molar-refractivity contribution in [1.82, 2.24) is 10.6 Å². The molecule has 1 saturated carbocycles. The number of rotatable bonds is 1. The molecule has 0 bridgehead atoms. The largest absolute Gasteiger partial charge is 0.396 e. The number of fused-ring (bicyclic) bond motifs is 3. The molecule has 3 rings (SSSR count). The second kappa shape index (κ2) is 3.67. The summed E-state index contributed by atoms with van der Waals surface area (Å²) in [6, 6.07) is 0.